The number of benzene rings is 1. The van der Waals surface area contributed by atoms with Crippen LogP contribution in [0.15, 0.2) is 23.7 Å². The van der Waals surface area contributed by atoms with Crippen molar-refractivity contribution in [3.8, 4) is 11.5 Å². The fourth-order valence-electron chi connectivity index (χ4n) is 1.68. The molecule has 0 saturated carbocycles. The first-order chi connectivity index (χ1) is 10.3. The zero-order chi connectivity index (χ0) is 16.3. The summed E-state index contributed by atoms with van der Waals surface area (Å²) in [5, 5.41) is 2.38. The van der Waals surface area contributed by atoms with Gasteiger partial charge in [-0.2, -0.15) is 13.2 Å². The van der Waals surface area contributed by atoms with Crippen LogP contribution in [0.3, 0.4) is 0 Å². The molecule has 1 amide bonds. The minimum Gasteiger partial charge on any atom is -0.497 e. The number of carbonyl (C=O) groups is 1. The van der Waals surface area contributed by atoms with Gasteiger partial charge in [0.15, 0.2) is 5.69 Å². The molecule has 1 N–H and O–H groups in total. The van der Waals surface area contributed by atoms with Gasteiger partial charge in [0.2, 0.25) is 0 Å². The average molecular weight is 332 g/mol. The molecule has 22 heavy (non-hydrogen) atoms. The molecule has 0 radical (unpaired) electrons. The van der Waals surface area contributed by atoms with Crippen molar-refractivity contribution in [2.45, 2.75) is 6.18 Å². The second kappa shape index (κ2) is 6.22. The predicted molar refractivity (Wildman–Crippen MR) is 74.6 cm³/mol. The number of alkyl halides is 3. The van der Waals surface area contributed by atoms with E-state index < -0.39 is 22.7 Å². The summed E-state index contributed by atoms with van der Waals surface area (Å²) in [6, 6.07) is 4.51. The molecule has 2 aromatic rings. The largest absolute Gasteiger partial charge is 0.497 e. The number of rotatable bonds is 4. The van der Waals surface area contributed by atoms with Crippen LogP contribution in [0, 0.1) is 0 Å². The smallest absolute Gasteiger partial charge is 0.434 e. The van der Waals surface area contributed by atoms with Crippen molar-refractivity contribution in [2.75, 3.05) is 19.5 Å². The number of nitrogens with zero attached hydrogens (tertiary/aromatic N) is 1. The number of nitrogens with one attached hydrogen (secondary N) is 1. The summed E-state index contributed by atoms with van der Waals surface area (Å²) in [4.78, 5) is 14.7. The van der Waals surface area contributed by atoms with Crippen LogP contribution in [-0.2, 0) is 6.18 Å². The Labute approximate surface area is 127 Å². The zero-order valence-corrected chi connectivity index (χ0v) is 12.3. The third-order valence-electron chi connectivity index (χ3n) is 2.65. The Hall–Kier alpha value is -2.29. The number of anilines is 1. The van der Waals surface area contributed by atoms with E-state index in [1.165, 1.54) is 26.4 Å². The number of ether oxygens (including phenoxy) is 2. The minimum absolute atomic E-state index is 0.253. The van der Waals surface area contributed by atoms with Gasteiger partial charge in [0.1, 0.15) is 16.4 Å². The molecule has 1 aromatic heterocycles. The van der Waals surface area contributed by atoms with E-state index >= 15 is 0 Å². The van der Waals surface area contributed by atoms with E-state index in [4.69, 9.17) is 9.47 Å². The van der Waals surface area contributed by atoms with Gasteiger partial charge in [-0.3, -0.25) is 4.79 Å². The molecule has 0 aliphatic rings. The van der Waals surface area contributed by atoms with Crippen molar-refractivity contribution < 1.29 is 27.4 Å². The first-order valence-electron chi connectivity index (χ1n) is 5.90. The summed E-state index contributed by atoms with van der Waals surface area (Å²) in [5.74, 6) is -0.102. The lowest BCUT2D eigenvalue weighted by Crippen LogP contribution is -2.17. The Bertz CT molecular complexity index is 663. The summed E-state index contributed by atoms with van der Waals surface area (Å²) in [5.41, 5.74) is 0.0248. The molecule has 1 heterocycles. The fourth-order valence-corrected chi connectivity index (χ4v) is 2.38. The van der Waals surface area contributed by atoms with Gasteiger partial charge in [-0.25, -0.2) is 4.98 Å². The van der Waals surface area contributed by atoms with Crippen molar-refractivity contribution >= 4 is 22.9 Å². The number of amides is 1. The lowest BCUT2D eigenvalue weighted by atomic mass is 10.2. The molecule has 0 aliphatic carbocycles. The molecule has 0 atom stereocenters. The molecule has 0 saturated heterocycles. The third-order valence-corrected chi connectivity index (χ3v) is 3.48. The number of hydrogen-bond donors (Lipinski definition) is 1. The summed E-state index contributed by atoms with van der Waals surface area (Å²) in [7, 11) is 2.84. The normalized spacial score (nSPS) is 11.1. The highest BCUT2D eigenvalue weighted by Crippen LogP contribution is 2.33. The van der Waals surface area contributed by atoms with E-state index in [-0.39, 0.29) is 5.69 Å². The van der Waals surface area contributed by atoms with Crippen LogP contribution in [0.5, 0.6) is 11.5 Å². The van der Waals surface area contributed by atoms with Gasteiger partial charge in [-0.15, -0.1) is 11.3 Å². The van der Waals surface area contributed by atoms with Gasteiger partial charge in [0, 0.05) is 23.9 Å². The first kappa shape index (κ1) is 16.1. The van der Waals surface area contributed by atoms with Crippen LogP contribution in [-0.4, -0.2) is 25.1 Å². The molecule has 0 fully saturated rings. The van der Waals surface area contributed by atoms with E-state index in [1.807, 2.05) is 0 Å². The average Bonchev–Trinajstić information content (AvgIpc) is 2.96. The number of aromatic nitrogens is 1. The lowest BCUT2D eigenvalue weighted by molar-refractivity contribution is -0.141. The number of hydrogen-bond acceptors (Lipinski definition) is 5. The van der Waals surface area contributed by atoms with E-state index in [0.29, 0.717) is 22.8 Å². The van der Waals surface area contributed by atoms with Gasteiger partial charge in [-0.1, -0.05) is 0 Å². The van der Waals surface area contributed by atoms with Crippen molar-refractivity contribution in [1.29, 1.82) is 0 Å². The summed E-state index contributed by atoms with van der Waals surface area (Å²) in [6.45, 7) is 0. The Balaban J connectivity index is 2.28. The van der Waals surface area contributed by atoms with Crippen LogP contribution in [0.25, 0.3) is 0 Å². The van der Waals surface area contributed by atoms with Crippen LogP contribution in [0.2, 0.25) is 0 Å². The highest BCUT2D eigenvalue weighted by atomic mass is 32.1. The van der Waals surface area contributed by atoms with Gasteiger partial charge >= 0.3 is 6.18 Å². The van der Waals surface area contributed by atoms with E-state index in [1.54, 1.807) is 6.07 Å². The Kier molecular flexibility index (Phi) is 4.55. The van der Waals surface area contributed by atoms with Gasteiger partial charge < -0.3 is 14.8 Å². The molecule has 0 bridgehead atoms. The van der Waals surface area contributed by atoms with Crippen LogP contribution < -0.4 is 14.8 Å². The number of halogens is 3. The maximum Gasteiger partial charge on any atom is 0.434 e. The van der Waals surface area contributed by atoms with E-state index in [9.17, 15) is 18.0 Å². The molecule has 1 aromatic carbocycles. The van der Waals surface area contributed by atoms with Crippen molar-refractivity contribution in [1.82, 2.24) is 4.98 Å². The van der Waals surface area contributed by atoms with Crippen LogP contribution >= 0.6 is 11.3 Å². The van der Waals surface area contributed by atoms with Crippen molar-refractivity contribution in [3.05, 3.63) is 34.3 Å². The highest BCUT2D eigenvalue weighted by Gasteiger charge is 2.38. The first-order valence-corrected chi connectivity index (χ1v) is 6.78. The predicted octanol–water partition coefficient (Wildman–Crippen LogP) is 3.43. The molecule has 0 unspecified atom stereocenters. The maximum absolute atomic E-state index is 12.7. The lowest BCUT2D eigenvalue weighted by Gasteiger charge is -2.10. The Morgan fingerprint density at radius 1 is 1.18 bits per heavy atom. The second-order valence-electron chi connectivity index (χ2n) is 4.08. The number of thiazole rings is 1. The standard InChI is InChI=1S/C13H11F3N2O3S/c1-20-8-3-7(4-9(5-8)21-2)18-12(19)10-11(13(14,15)16)17-6-22-10/h3-6H,1-2H3,(H,18,19). The SMILES string of the molecule is COc1cc(NC(=O)c2scnc2C(F)(F)F)cc(OC)c1. The summed E-state index contributed by atoms with van der Waals surface area (Å²) >= 11 is 0.618. The van der Waals surface area contributed by atoms with Crippen molar-refractivity contribution in [3.63, 3.8) is 0 Å². The Morgan fingerprint density at radius 2 is 1.77 bits per heavy atom. The molecule has 0 spiro atoms. The number of carbonyl (C=O) groups excluding carboxylic acids is 1. The minimum atomic E-state index is -4.68. The van der Waals surface area contributed by atoms with E-state index in [2.05, 4.69) is 10.3 Å². The molecule has 2 rings (SSSR count). The highest BCUT2D eigenvalue weighted by molar-refractivity contribution is 7.12. The van der Waals surface area contributed by atoms with Crippen LogP contribution in [0.4, 0.5) is 18.9 Å². The van der Waals surface area contributed by atoms with Gasteiger partial charge in [0.25, 0.3) is 5.91 Å². The monoisotopic (exact) mass is 332 g/mol. The van der Waals surface area contributed by atoms with Crippen molar-refractivity contribution in [2.24, 2.45) is 0 Å². The molecule has 5 nitrogen and oxygen atoms in total. The molecular weight excluding hydrogens is 321 g/mol. The van der Waals surface area contributed by atoms with Gasteiger partial charge in [-0.05, 0) is 0 Å². The van der Waals surface area contributed by atoms with Gasteiger partial charge in [0.05, 0.1) is 19.7 Å². The third kappa shape index (κ3) is 3.48. The van der Waals surface area contributed by atoms with Crippen LogP contribution in [0.1, 0.15) is 15.4 Å². The Morgan fingerprint density at radius 3 is 2.27 bits per heavy atom. The maximum atomic E-state index is 12.7. The number of methoxy groups -OCH3 is 2. The topological polar surface area (TPSA) is 60.5 Å². The van der Waals surface area contributed by atoms with E-state index in [0.717, 1.165) is 5.51 Å². The zero-order valence-electron chi connectivity index (χ0n) is 11.5. The second-order valence-corrected chi connectivity index (χ2v) is 4.94. The molecule has 118 valence electrons. The summed E-state index contributed by atoms with van der Waals surface area (Å²) in [6.07, 6.45) is -4.68. The quantitative estimate of drug-likeness (QED) is 0.932. The molecule has 9 heteroatoms. The molecular formula is C13H11F3N2O3S. The molecule has 0 aliphatic heterocycles. The summed E-state index contributed by atoms with van der Waals surface area (Å²) < 4.78 is 48.3. The fraction of sp³-hybridized carbons (Fsp3) is 0.231.